The first-order valence-corrected chi connectivity index (χ1v) is 6.73. The van der Waals surface area contributed by atoms with Crippen LogP contribution in [0.3, 0.4) is 0 Å². The Labute approximate surface area is 115 Å². The molecule has 100 valence electrons. The molecule has 0 aliphatic heterocycles. The van der Waals surface area contributed by atoms with E-state index in [-0.39, 0.29) is 11.2 Å². The van der Waals surface area contributed by atoms with Gasteiger partial charge in [0.25, 0.3) is 0 Å². The van der Waals surface area contributed by atoms with Crippen molar-refractivity contribution in [3.05, 3.63) is 29.8 Å². The molecule has 1 aromatic heterocycles. The van der Waals surface area contributed by atoms with E-state index in [4.69, 9.17) is 0 Å². The number of nitrogens with one attached hydrogen (secondary N) is 1. The van der Waals surface area contributed by atoms with Crippen LogP contribution in [0.25, 0.3) is 5.69 Å². The fourth-order valence-electron chi connectivity index (χ4n) is 1.52. The Morgan fingerprint density at radius 2 is 2.05 bits per heavy atom. The molecule has 0 aliphatic carbocycles. The Bertz CT molecular complexity index is 566. The second-order valence-electron chi connectivity index (χ2n) is 4.08. The first-order valence-electron chi connectivity index (χ1n) is 5.85. The van der Waals surface area contributed by atoms with Gasteiger partial charge in [0.15, 0.2) is 0 Å². The van der Waals surface area contributed by atoms with Gasteiger partial charge >= 0.3 is 0 Å². The topological polar surface area (TPSA) is 72.7 Å². The normalized spacial score (nSPS) is 12.2. The van der Waals surface area contributed by atoms with E-state index in [9.17, 15) is 4.79 Å². The molecule has 7 heteroatoms. The Hall–Kier alpha value is -1.89. The van der Waals surface area contributed by atoms with E-state index >= 15 is 0 Å². The maximum Gasteiger partial charge on any atom is 0.233 e. The van der Waals surface area contributed by atoms with Gasteiger partial charge in [-0.2, -0.15) is 4.68 Å². The minimum atomic E-state index is -0.250. The fraction of sp³-hybridized carbons (Fsp3) is 0.333. The molecule has 0 bridgehead atoms. The zero-order valence-electron chi connectivity index (χ0n) is 11.0. The Balaban J connectivity index is 2.22. The van der Waals surface area contributed by atoms with Crippen LogP contribution in [0, 0.1) is 6.92 Å². The standard InChI is InChI=1S/C12H15N5OS/c1-8-4-6-10(7-5-8)17-12(14-15-16-17)19-9(2)11(18)13-3/h4-7,9H,1-3H3,(H,13,18)/t9-/m0/s1. The summed E-state index contributed by atoms with van der Waals surface area (Å²) in [5.41, 5.74) is 2.05. The van der Waals surface area contributed by atoms with E-state index in [1.807, 2.05) is 38.1 Å². The molecule has 1 amide bonds. The number of carbonyl (C=O) groups is 1. The molecule has 0 saturated heterocycles. The predicted molar refractivity (Wildman–Crippen MR) is 73.3 cm³/mol. The Morgan fingerprint density at radius 1 is 1.37 bits per heavy atom. The van der Waals surface area contributed by atoms with Crippen LogP contribution in [-0.2, 0) is 4.79 Å². The van der Waals surface area contributed by atoms with Crippen LogP contribution in [0.1, 0.15) is 12.5 Å². The molecule has 2 aromatic rings. The Morgan fingerprint density at radius 3 is 2.68 bits per heavy atom. The number of hydrogen-bond acceptors (Lipinski definition) is 5. The van der Waals surface area contributed by atoms with Crippen molar-refractivity contribution in [3.63, 3.8) is 0 Å². The van der Waals surface area contributed by atoms with E-state index in [0.29, 0.717) is 5.16 Å². The summed E-state index contributed by atoms with van der Waals surface area (Å²) in [6.45, 7) is 3.84. The third kappa shape index (κ3) is 3.11. The highest BCUT2D eigenvalue weighted by Gasteiger charge is 2.17. The van der Waals surface area contributed by atoms with Crippen LogP contribution in [0.15, 0.2) is 29.4 Å². The smallest absolute Gasteiger partial charge is 0.233 e. The third-order valence-electron chi connectivity index (χ3n) is 2.62. The molecule has 1 atom stereocenters. The van der Waals surface area contributed by atoms with Crippen molar-refractivity contribution in [3.8, 4) is 5.69 Å². The van der Waals surface area contributed by atoms with Crippen molar-refractivity contribution in [1.82, 2.24) is 25.5 Å². The maximum absolute atomic E-state index is 11.5. The highest BCUT2D eigenvalue weighted by Crippen LogP contribution is 2.22. The van der Waals surface area contributed by atoms with Gasteiger partial charge in [-0.05, 0) is 36.4 Å². The van der Waals surface area contributed by atoms with Gasteiger partial charge in [-0.1, -0.05) is 29.5 Å². The average Bonchev–Trinajstić information content (AvgIpc) is 2.86. The zero-order valence-corrected chi connectivity index (χ0v) is 11.8. The van der Waals surface area contributed by atoms with Crippen molar-refractivity contribution < 1.29 is 4.79 Å². The molecular formula is C12H15N5OS. The number of aromatic nitrogens is 4. The predicted octanol–water partition coefficient (Wildman–Crippen LogP) is 1.20. The van der Waals surface area contributed by atoms with E-state index in [0.717, 1.165) is 5.69 Å². The summed E-state index contributed by atoms with van der Waals surface area (Å²) in [5.74, 6) is -0.0524. The molecule has 19 heavy (non-hydrogen) atoms. The van der Waals surface area contributed by atoms with Crippen molar-refractivity contribution >= 4 is 17.7 Å². The quantitative estimate of drug-likeness (QED) is 0.850. The number of aryl methyl sites for hydroxylation is 1. The van der Waals surface area contributed by atoms with Crippen molar-refractivity contribution in [2.75, 3.05) is 7.05 Å². The number of nitrogens with zero attached hydrogens (tertiary/aromatic N) is 4. The molecule has 0 fully saturated rings. The molecule has 0 saturated carbocycles. The summed E-state index contributed by atoms with van der Waals surface area (Å²) < 4.78 is 1.63. The fourth-order valence-corrected chi connectivity index (χ4v) is 2.38. The largest absolute Gasteiger partial charge is 0.358 e. The maximum atomic E-state index is 11.5. The van der Waals surface area contributed by atoms with Gasteiger partial charge in [0.05, 0.1) is 10.9 Å². The lowest BCUT2D eigenvalue weighted by atomic mass is 10.2. The van der Waals surface area contributed by atoms with Gasteiger partial charge in [0.1, 0.15) is 0 Å². The number of amides is 1. The van der Waals surface area contributed by atoms with Crippen molar-refractivity contribution in [2.45, 2.75) is 24.3 Å². The molecule has 0 radical (unpaired) electrons. The molecule has 1 heterocycles. The molecule has 2 rings (SSSR count). The molecule has 0 aliphatic rings. The van der Waals surface area contributed by atoms with Crippen molar-refractivity contribution in [2.24, 2.45) is 0 Å². The summed E-state index contributed by atoms with van der Waals surface area (Å²) >= 11 is 1.32. The van der Waals surface area contributed by atoms with E-state index < -0.39 is 0 Å². The minimum Gasteiger partial charge on any atom is -0.358 e. The highest BCUT2D eigenvalue weighted by atomic mass is 32.2. The highest BCUT2D eigenvalue weighted by molar-refractivity contribution is 8.00. The number of benzene rings is 1. The van der Waals surface area contributed by atoms with Crippen molar-refractivity contribution in [1.29, 1.82) is 0 Å². The Kier molecular flexibility index (Phi) is 4.16. The monoisotopic (exact) mass is 277 g/mol. The minimum absolute atomic E-state index is 0.0524. The second-order valence-corrected chi connectivity index (χ2v) is 5.39. The lowest BCUT2D eigenvalue weighted by Gasteiger charge is -2.09. The lowest BCUT2D eigenvalue weighted by Crippen LogP contribution is -2.27. The van der Waals surface area contributed by atoms with Gasteiger partial charge in [-0.25, -0.2) is 0 Å². The van der Waals surface area contributed by atoms with Crippen LogP contribution in [0.2, 0.25) is 0 Å². The zero-order chi connectivity index (χ0) is 13.8. The number of tetrazole rings is 1. The van der Waals surface area contributed by atoms with E-state index in [1.165, 1.54) is 17.3 Å². The molecule has 1 N–H and O–H groups in total. The van der Waals surface area contributed by atoms with Crippen LogP contribution >= 0.6 is 11.8 Å². The van der Waals surface area contributed by atoms with Crippen LogP contribution in [-0.4, -0.2) is 38.4 Å². The van der Waals surface area contributed by atoms with Crippen LogP contribution < -0.4 is 5.32 Å². The number of carbonyl (C=O) groups excluding carboxylic acids is 1. The summed E-state index contributed by atoms with van der Waals surface area (Å²) in [6, 6.07) is 7.88. The average molecular weight is 277 g/mol. The molecule has 1 aromatic carbocycles. The second kappa shape index (κ2) is 5.83. The van der Waals surface area contributed by atoms with Gasteiger partial charge < -0.3 is 5.32 Å². The van der Waals surface area contributed by atoms with Crippen LogP contribution in [0.5, 0.6) is 0 Å². The molecule has 6 nitrogen and oxygen atoms in total. The van der Waals surface area contributed by atoms with Gasteiger partial charge in [-0.15, -0.1) is 5.10 Å². The number of rotatable bonds is 4. The summed E-state index contributed by atoms with van der Waals surface area (Å²) in [7, 11) is 1.61. The first-order chi connectivity index (χ1) is 9.11. The van der Waals surface area contributed by atoms with Gasteiger partial charge in [0, 0.05) is 7.05 Å². The van der Waals surface area contributed by atoms with E-state index in [2.05, 4.69) is 20.8 Å². The van der Waals surface area contributed by atoms with E-state index in [1.54, 1.807) is 11.7 Å². The van der Waals surface area contributed by atoms with Crippen LogP contribution in [0.4, 0.5) is 0 Å². The third-order valence-corrected chi connectivity index (χ3v) is 3.65. The molecule has 0 unspecified atom stereocenters. The summed E-state index contributed by atoms with van der Waals surface area (Å²) in [5, 5.41) is 14.5. The number of hydrogen-bond donors (Lipinski definition) is 1. The SMILES string of the molecule is CNC(=O)[C@H](C)Sc1nnnn1-c1ccc(C)cc1. The summed E-state index contributed by atoms with van der Waals surface area (Å²) in [6.07, 6.45) is 0. The number of thioether (sulfide) groups is 1. The van der Waals surface area contributed by atoms with Gasteiger partial charge in [0.2, 0.25) is 11.1 Å². The van der Waals surface area contributed by atoms with Gasteiger partial charge in [-0.3, -0.25) is 4.79 Å². The molecule has 0 spiro atoms. The first kappa shape index (κ1) is 13.5. The lowest BCUT2D eigenvalue weighted by molar-refractivity contribution is -0.119. The summed E-state index contributed by atoms with van der Waals surface area (Å²) in [4.78, 5) is 11.5. The molecular weight excluding hydrogens is 262 g/mol.